The maximum Gasteiger partial charge on any atom is 0.150 e. The van der Waals surface area contributed by atoms with Crippen LogP contribution in [0.15, 0.2) is 24.3 Å². The summed E-state index contributed by atoms with van der Waals surface area (Å²) in [5.41, 5.74) is 3.87. The average molecular weight is 240 g/mol. The van der Waals surface area contributed by atoms with Crippen LogP contribution in [-0.2, 0) is 17.8 Å². The van der Waals surface area contributed by atoms with Crippen LogP contribution in [0, 0.1) is 0 Å². The number of piperidine rings is 1. The van der Waals surface area contributed by atoms with E-state index in [-0.39, 0.29) is 6.04 Å². The minimum atomic E-state index is 0.130. The van der Waals surface area contributed by atoms with Gasteiger partial charge in [-0.1, -0.05) is 18.2 Å². The van der Waals surface area contributed by atoms with Crippen LogP contribution in [0.4, 0.5) is 0 Å². The van der Waals surface area contributed by atoms with E-state index in [0.29, 0.717) is 5.78 Å². The molecule has 0 spiro atoms. The molecule has 1 unspecified atom stereocenters. The highest BCUT2D eigenvalue weighted by atomic mass is 16.1. The summed E-state index contributed by atoms with van der Waals surface area (Å²) in [6.07, 6.45) is 2.67. The van der Waals surface area contributed by atoms with Gasteiger partial charge in [-0.3, -0.25) is 9.69 Å². The van der Waals surface area contributed by atoms with Crippen LogP contribution in [0.1, 0.15) is 24.1 Å². The molecule has 0 bridgehead atoms. The van der Waals surface area contributed by atoms with Gasteiger partial charge in [0.25, 0.3) is 0 Å². The molecule has 1 N–H and O–H groups in total. The summed E-state index contributed by atoms with van der Waals surface area (Å²) in [5, 5.41) is 1.30. The minimum absolute atomic E-state index is 0.130. The Balaban J connectivity index is 1.84. The van der Waals surface area contributed by atoms with Gasteiger partial charge in [0.1, 0.15) is 5.78 Å². The SMILES string of the molecule is O=C1CCCN2Cc3[nH]c4ccccc4c3CC12. The predicted octanol–water partition coefficient (Wildman–Crippen LogP) is 2.26. The van der Waals surface area contributed by atoms with Crippen molar-refractivity contribution in [1.29, 1.82) is 0 Å². The molecule has 3 heterocycles. The summed E-state index contributed by atoms with van der Waals surface area (Å²) in [6, 6.07) is 8.54. The van der Waals surface area contributed by atoms with Gasteiger partial charge in [-0.05, 0) is 31.0 Å². The number of nitrogens with zero attached hydrogens (tertiary/aromatic N) is 1. The zero-order chi connectivity index (χ0) is 12.1. The summed E-state index contributed by atoms with van der Waals surface area (Å²) in [5.74, 6) is 0.428. The Bertz CT molecular complexity index is 628. The van der Waals surface area contributed by atoms with Crippen LogP contribution in [0.5, 0.6) is 0 Å². The molecule has 4 rings (SSSR count). The molecular weight excluding hydrogens is 224 g/mol. The van der Waals surface area contributed by atoms with E-state index in [1.807, 2.05) is 0 Å². The first-order chi connectivity index (χ1) is 8.83. The number of carbonyl (C=O) groups excluding carboxylic acids is 1. The second kappa shape index (κ2) is 3.69. The Labute approximate surface area is 106 Å². The molecule has 2 aromatic rings. The number of rotatable bonds is 0. The molecule has 3 heteroatoms. The van der Waals surface area contributed by atoms with Gasteiger partial charge in [0.15, 0.2) is 0 Å². The number of carbonyl (C=O) groups is 1. The van der Waals surface area contributed by atoms with E-state index in [1.54, 1.807) is 0 Å². The van der Waals surface area contributed by atoms with Gasteiger partial charge in [0.05, 0.1) is 6.04 Å². The molecule has 3 nitrogen and oxygen atoms in total. The molecule has 1 aromatic carbocycles. The largest absolute Gasteiger partial charge is 0.357 e. The Hall–Kier alpha value is -1.61. The lowest BCUT2D eigenvalue weighted by molar-refractivity contribution is -0.127. The Morgan fingerprint density at radius 1 is 1.28 bits per heavy atom. The summed E-state index contributed by atoms with van der Waals surface area (Å²) in [7, 11) is 0. The van der Waals surface area contributed by atoms with E-state index < -0.39 is 0 Å². The number of H-pyrrole nitrogens is 1. The number of hydrogen-bond acceptors (Lipinski definition) is 2. The third-order valence-corrected chi connectivity index (χ3v) is 4.34. The molecule has 2 aliphatic rings. The Morgan fingerprint density at radius 2 is 2.17 bits per heavy atom. The molecule has 1 saturated heterocycles. The van der Waals surface area contributed by atoms with Crippen LogP contribution >= 0.6 is 0 Å². The maximum atomic E-state index is 12.0. The quantitative estimate of drug-likeness (QED) is 0.766. The Morgan fingerprint density at radius 3 is 3.11 bits per heavy atom. The van der Waals surface area contributed by atoms with Gasteiger partial charge in [0, 0.05) is 29.6 Å². The van der Waals surface area contributed by atoms with E-state index >= 15 is 0 Å². The summed E-state index contributed by atoms with van der Waals surface area (Å²) < 4.78 is 0. The molecular formula is C15H16N2O. The van der Waals surface area contributed by atoms with Crippen LogP contribution in [0.25, 0.3) is 10.9 Å². The highest BCUT2D eigenvalue weighted by Gasteiger charge is 2.35. The molecule has 0 radical (unpaired) electrons. The second-order valence-electron chi connectivity index (χ2n) is 5.39. The number of nitrogens with one attached hydrogen (secondary N) is 1. The molecule has 1 aromatic heterocycles. The molecule has 1 atom stereocenters. The minimum Gasteiger partial charge on any atom is -0.357 e. The molecule has 92 valence electrons. The van der Waals surface area contributed by atoms with Crippen molar-refractivity contribution in [3.63, 3.8) is 0 Å². The average Bonchev–Trinajstić information content (AvgIpc) is 2.75. The molecule has 0 aliphatic carbocycles. The first-order valence-corrected chi connectivity index (χ1v) is 6.68. The van der Waals surface area contributed by atoms with E-state index in [1.165, 1.54) is 22.2 Å². The Kier molecular flexibility index (Phi) is 2.12. The predicted molar refractivity (Wildman–Crippen MR) is 70.4 cm³/mol. The fraction of sp³-hybridized carbons (Fsp3) is 0.400. The summed E-state index contributed by atoms with van der Waals surface area (Å²) >= 11 is 0. The van der Waals surface area contributed by atoms with E-state index in [9.17, 15) is 4.79 Å². The number of Topliss-reactive ketones (excluding diaryl/α,β-unsaturated/α-hetero) is 1. The van der Waals surface area contributed by atoms with Crippen molar-refractivity contribution in [2.75, 3.05) is 6.54 Å². The molecule has 2 aliphatic heterocycles. The number of ketones is 1. The van der Waals surface area contributed by atoms with Crippen molar-refractivity contribution in [3.8, 4) is 0 Å². The van der Waals surface area contributed by atoms with Crippen molar-refractivity contribution in [2.45, 2.75) is 31.8 Å². The van der Waals surface area contributed by atoms with Gasteiger partial charge in [-0.15, -0.1) is 0 Å². The van der Waals surface area contributed by atoms with Crippen LogP contribution in [0.3, 0.4) is 0 Å². The van der Waals surface area contributed by atoms with Crippen LogP contribution < -0.4 is 0 Å². The molecule has 1 fully saturated rings. The standard InChI is InChI=1S/C15H16N2O/c18-15-6-3-7-17-9-13-11(8-14(15)17)10-4-1-2-5-12(10)16-13/h1-2,4-5,14,16H,3,6-9H2. The zero-order valence-corrected chi connectivity index (χ0v) is 10.3. The van der Waals surface area contributed by atoms with Gasteiger partial charge in [0.2, 0.25) is 0 Å². The lowest BCUT2D eigenvalue weighted by Gasteiger charge is -2.37. The van der Waals surface area contributed by atoms with Gasteiger partial charge in [-0.2, -0.15) is 0 Å². The smallest absolute Gasteiger partial charge is 0.150 e. The van der Waals surface area contributed by atoms with E-state index in [0.717, 1.165) is 32.4 Å². The lowest BCUT2D eigenvalue weighted by Crippen LogP contribution is -2.48. The highest BCUT2D eigenvalue weighted by molar-refractivity contribution is 5.89. The fourth-order valence-electron chi connectivity index (χ4n) is 3.44. The second-order valence-corrected chi connectivity index (χ2v) is 5.39. The zero-order valence-electron chi connectivity index (χ0n) is 10.3. The van der Waals surface area contributed by atoms with Gasteiger partial charge in [-0.25, -0.2) is 0 Å². The normalized spacial score (nSPS) is 24.0. The molecule has 0 amide bonds. The lowest BCUT2D eigenvalue weighted by atomic mass is 9.89. The number of benzene rings is 1. The fourth-order valence-corrected chi connectivity index (χ4v) is 3.44. The van der Waals surface area contributed by atoms with Gasteiger partial charge < -0.3 is 4.98 Å². The van der Waals surface area contributed by atoms with E-state index in [2.05, 4.69) is 34.1 Å². The topological polar surface area (TPSA) is 36.1 Å². The van der Waals surface area contributed by atoms with Crippen molar-refractivity contribution in [3.05, 3.63) is 35.5 Å². The summed E-state index contributed by atoms with van der Waals surface area (Å²) in [4.78, 5) is 17.9. The van der Waals surface area contributed by atoms with Gasteiger partial charge >= 0.3 is 0 Å². The highest BCUT2D eigenvalue weighted by Crippen LogP contribution is 2.32. The van der Waals surface area contributed by atoms with Crippen molar-refractivity contribution < 1.29 is 4.79 Å². The molecule has 0 saturated carbocycles. The van der Waals surface area contributed by atoms with Crippen LogP contribution in [0.2, 0.25) is 0 Å². The number of aromatic nitrogens is 1. The monoisotopic (exact) mass is 240 g/mol. The number of aromatic amines is 1. The first-order valence-electron chi connectivity index (χ1n) is 6.68. The van der Waals surface area contributed by atoms with Crippen molar-refractivity contribution >= 4 is 16.7 Å². The third kappa shape index (κ3) is 1.37. The number of hydrogen-bond donors (Lipinski definition) is 1. The molecule has 18 heavy (non-hydrogen) atoms. The number of para-hydroxylation sites is 1. The number of fused-ring (bicyclic) bond motifs is 4. The van der Waals surface area contributed by atoms with Crippen LogP contribution in [-0.4, -0.2) is 28.3 Å². The maximum absolute atomic E-state index is 12.0. The van der Waals surface area contributed by atoms with Crippen molar-refractivity contribution in [2.24, 2.45) is 0 Å². The van der Waals surface area contributed by atoms with E-state index in [4.69, 9.17) is 0 Å². The first kappa shape index (κ1) is 10.3. The third-order valence-electron chi connectivity index (χ3n) is 4.34. The summed E-state index contributed by atoms with van der Waals surface area (Å²) in [6.45, 7) is 1.96. The van der Waals surface area contributed by atoms with Crippen molar-refractivity contribution in [1.82, 2.24) is 9.88 Å².